The lowest BCUT2D eigenvalue weighted by atomic mass is 10.1. The molecule has 0 atom stereocenters. The summed E-state index contributed by atoms with van der Waals surface area (Å²) in [5.74, 6) is 1.02. The zero-order chi connectivity index (χ0) is 13.2. The Hall–Kier alpha value is -2.45. The highest BCUT2D eigenvalue weighted by molar-refractivity contribution is 7.15. The molecule has 0 fully saturated rings. The van der Waals surface area contributed by atoms with Gasteiger partial charge in [-0.25, -0.2) is 0 Å². The molecular formula is C14H9N3OS. The Morgan fingerprint density at radius 3 is 2.79 bits per heavy atom. The topological polar surface area (TPSA) is 62.7 Å². The number of hydrogen-bond donors (Lipinski definition) is 0. The molecule has 0 unspecified atom stereocenters. The van der Waals surface area contributed by atoms with E-state index in [1.54, 1.807) is 6.07 Å². The minimum absolute atomic E-state index is 0.449. The van der Waals surface area contributed by atoms with Crippen LogP contribution in [0.2, 0.25) is 0 Å². The van der Waals surface area contributed by atoms with Crippen molar-refractivity contribution in [3.05, 3.63) is 46.8 Å². The van der Waals surface area contributed by atoms with Gasteiger partial charge in [0.05, 0.1) is 4.88 Å². The molecular weight excluding hydrogens is 258 g/mol. The Kier molecular flexibility index (Phi) is 2.86. The van der Waals surface area contributed by atoms with Crippen LogP contribution in [0.3, 0.4) is 0 Å². The highest BCUT2D eigenvalue weighted by Gasteiger charge is 2.13. The number of nitrogens with zero attached hydrogens (tertiary/aromatic N) is 3. The van der Waals surface area contributed by atoms with Crippen molar-refractivity contribution in [1.82, 2.24) is 10.1 Å². The van der Waals surface area contributed by atoms with E-state index in [1.807, 2.05) is 37.3 Å². The molecule has 0 amide bonds. The van der Waals surface area contributed by atoms with Crippen LogP contribution in [0.4, 0.5) is 0 Å². The van der Waals surface area contributed by atoms with Crippen molar-refractivity contribution in [2.45, 2.75) is 6.92 Å². The normalized spacial score (nSPS) is 10.3. The van der Waals surface area contributed by atoms with Crippen LogP contribution in [0.5, 0.6) is 0 Å². The van der Waals surface area contributed by atoms with Gasteiger partial charge in [0.2, 0.25) is 5.82 Å². The Morgan fingerprint density at radius 1 is 1.21 bits per heavy atom. The SMILES string of the molecule is Cc1ccccc1-c1noc(-c2ccc(C#N)s2)n1. The Bertz CT molecular complexity index is 767. The maximum atomic E-state index is 8.81. The van der Waals surface area contributed by atoms with Crippen LogP contribution in [0, 0.1) is 18.3 Å². The van der Waals surface area contributed by atoms with Crippen molar-refractivity contribution in [2.75, 3.05) is 0 Å². The largest absolute Gasteiger partial charge is 0.333 e. The van der Waals surface area contributed by atoms with E-state index in [1.165, 1.54) is 11.3 Å². The van der Waals surface area contributed by atoms with E-state index < -0.39 is 0 Å². The Labute approximate surface area is 113 Å². The van der Waals surface area contributed by atoms with E-state index >= 15 is 0 Å². The minimum Gasteiger partial charge on any atom is -0.333 e. The lowest BCUT2D eigenvalue weighted by molar-refractivity contribution is 0.433. The Balaban J connectivity index is 2.00. The molecule has 3 aromatic rings. The molecule has 4 nitrogen and oxygen atoms in total. The van der Waals surface area contributed by atoms with E-state index in [-0.39, 0.29) is 0 Å². The zero-order valence-corrected chi connectivity index (χ0v) is 10.9. The molecule has 0 aliphatic carbocycles. The molecule has 2 heterocycles. The van der Waals surface area contributed by atoms with Gasteiger partial charge in [-0.05, 0) is 24.6 Å². The summed E-state index contributed by atoms with van der Waals surface area (Å²) in [5.41, 5.74) is 2.05. The Morgan fingerprint density at radius 2 is 2.05 bits per heavy atom. The minimum atomic E-state index is 0.449. The number of aromatic nitrogens is 2. The highest BCUT2D eigenvalue weighted by Crippen LogP contribution is 2.28. The van der Waals surface area contributed by atoms with Gasteiger partial charge in [-0.3, -0.25) is 0 Å². The fraction of sp³-hybridized carbons (Fsp3) is 0.0714. The number of rotatable bonds is 2. The number of benzene rings is 1. The second-order valence-corrected chi connectivity index (χ2v) is 5.10. The van der Waals surface area contributed by atoms with E-state index in [0.717, 1.165) is 16.0 Å². The quantitative estimate of drug-likeness (QED) is 0.711. The van der Waals surface area contributed by atoms with Gasteiger partial charge in [0.15, 0.2) is 0 Å². The van der Waals surface area contributed by atoms with Crippen LogP contribution in [0.25, 0.3) is 22.2 Å². The van der Waals surface area contributed by atoms with E-state index in [4.69, 9.17) is 9.78 Å². The average Bonchev–Trinajstić information content (AvgIpc) is 3.08. The molecule has 0 aliphatic heterocycles. The summed E-state index contributed by atoms with van der Waals surface area (Å²) in [6, 6.07) is 13.5. The van der Waals surface area contributed by atoms with Crippen molar-refractivity contribution in [3.8, 4) is 28.2 Å². The number of hydrogen-bond acceptors (Lipinski definition) is 5. The number of aryl methyl sites for hydroxylation is 1. The van der Waals surface area contributed by atoms with Crippen LogP contribution >= 0.6 is 11.3 Å². The second-order valence-electron chi connectivity index (χ2n) is 4.01. The summed E-state index contributed by atoms with van der Waals surface area (Å²) < 4.78 is 5.26. The van der Waals surface area contributed by atoms with Crippen molar-refractivity contribution < 1.29 is 4.52 Å². The van der Waals surface area contributed by atoms with Gasteiger partial charge in [0.1, 0.15) is 10.9 Å². The third-order valence-corrected chi connectivity index (χ3v) is 3.72. The first-order valence-electron chi connectivity index (χ1n) is 5.68. The molecule has 0 radical (unpaired) electrons. The van der Waals surface area contributed by atoms with Gasteiger partial charge < -0.3 is 4.52 Å². The van der Waals surface area contributed by atoms with E-state index in [0.29, 0.717) is 16.6 Å². The summed E-state index contributed by atoms with van der Waals surface area (Å²) in [6.45, 7) is 2.00. The lowest BCUT2D eigenvalue weighted by Crippen LogP contribution is -1.84. The molecule has 19 heavy (non-hydrogen) atoms. The third-order valence-electron chi connectivity index (χ3n) is 2.74. The van der Waals surface area contributed by atoms with Gasteiger partial charge in [-0.1, -0.05) is 29.4 Å². The van der Waals surface area contributed by atoms with Crippen molar-refractivity contribution in [2.24, 2.45) is 0 Å². The van der Waals surface area contributed by atoms with Crippen molar-refractivity contribution in [1.29, 1.82) is 5.26 Å². The van der Waals surface area contributed by atoms with Crippen LogP contribution in [0.15, 0.2) is 40.9 Å². The van der Waals surface area contributed by atoms with Crippen molar-refractivity contribution in [3.63, 3.8) is 0 Å². The van der Waals surface area contributed by atoms with Crippen LogP contribution < -0.4 is 0 Å². The molecule has 0 N–H and O–H groups in total. The molecule has 0 bridgehead atoms. The van der Waals surface area contributed by atoms with Crippen LogP contribution in [-0.2, 0) is 0 Å². The smallest absolute Gasteiger partial charge is 0.268 e. The lowest BCUT2D eigenvalue weighted by Gasteiger charge is -1.97. The standard InChI is InChI=1S/C14H9N3OS/c1-9-4-2-3-5-11(9)13-16-14(18-17-13)12-7-6-10(8-15)19-12/h2-7H,1H3. The predicted molar refractivity (Wildman–Crippen MR) is 72.5 cm³/mol. The molecule has 2 aromatic heterocycles. The first-order valence-corrected chi connectivity index (χ1v) is 6.49. The van der Waals surface area contributed by atoms with E-state index in [2.05, 4.69) is 16.2 Å². The second kappa shape index (κ2) is 4.67. The molecule has 0 spiro atoms. The van der Waals surface area contributed by atoms with E-state index in [9.17, 15) is 0 Å². The molecule has 1 aromatic carbocycles. The summed E-state index contributed by atoms with van der Waals surface area (Å²) in [6.07, 6.45) is 0. The highest BCUT2D eigenvalue weighted by atomic mass is 32.1. The van der Waals surface area contributed by atoms with Crippen molar-refractivity contribution >= 4 is 11.3 Å². The maximum absolute atomic E-state index is 8.81. The number of thiophene rings is 1. The molecule has 92 valence electrons. The van der Waals surface area contributed by atoms with Gasteiger partial charge in [-0.15, -0.1) is 11.3 Å². The van der Waals surface area contributed by atoms with Gasteiger partial charge in [0, 0.05) is 5.56 Å². The van der Waals surface area contributed by atoms with Gasteiger partial charge >= 0.3 is 0 Å². The molecule has 3 rings (SSSR count). The molecule has 0 aliphatic rings. The summed E-state index contributed by atoms with van der Waals surface area (Å²) in [5, 5.41) is 12.8. The fourth-order valence-corrected chi connectivity index (χ4v) is 2.49. The fourth-order valence-electron chi connectivity index (χ4n) is 1.77. The summed E-state index contributed by atoms with van der Waals surface area (Å²) in [4.78, 5) is 5.82. The third kappa shape index (κ3) is 2.14. The van der Waals surface area contributed by atoms with Crippen LogP contribution in [-0.4, -0.2) is 10.1 Å². The van der Waals surface area contributed by atoms with Gasteiger partial charge in [0.25, 0.3) is 5.89 Å². The molecule has 5 heteroatoms. The van der Waals surface area contributed by atoms with Crippen LogP contribution in [0.1, 0.15) is 10.4 Å². The van der Waals surface area contributed by atoms with Gasteiger partial charge in [-0.2, -0.15) is 10.2 Å². The average molecular weight is 267 g/mol. The molecule has 0 saturated heterocycles. The zero-order valence-electron chi connectivity index (χ0n) is 10.1. The number of nitriles is 1. The maximum Gasteiger partial charge on any atom is 0.268 e. The molecule has 0 saturated carbocycles. The predicted octanol–water partition coefficient (Wildman–Crippen LogP) is 3.65. The first kappa shape index (κ1) is 11.6. The summed E-state index contributed by atoms with van der Waals surface area (Å²) in [7, 11) is 0. The monoisotopic (exact) mass is 267 g/mol. The first-order chi connectivity index (χ1) is 9.28. The summed E-state index contributed by atoms with van der Waals surface area (Å²) >= 11 is 1.34.